The third-order valence-electron chi connectivity index (χ3n) is 7.04. The van der Waals surface area contributed by atoms with Gasteiger partial charge in [-0.15, -0.1) is 0 Å². The van der Waals surface area contributed by atoms with E-state index in [-0.39, 0.29) is 11.5 Å². The van der Waals surface area contributed by atoms with Crippen LogP contribution in [-0.4, -0.2) is 0 Å². The van der Waals surface area contributed by atoms with Crippen LogP contribution in [0.5, 0.6) is 0 Å². The highest BCUT2D eigenvalue weighted by atomic mass is 15.3. The van der Waals surface area contributed by atoms with Gasteiger partial charge in [0.1, 0.15) is 17.7 Å². The maximum Gasteiger partial charge on any atom is 0.163 e. The molecule has 2 heterocycles. The monoisotopic (exact) mass is 462 g/mol. The van der Waals surface area contributed by atoms with E-state index in [1.807, 2.05) is 60.7 Å². The van der Waals surface area contributed by atoms with E-state index in [2.05, 4.69) is 71.6 Å². The van der Waals surface area contributed by atoms with Crippen LogP contribution in [0.3, 0.4) is 0 Å². The van der Waals surface area contributed by atoms with E-state index >= 15 is 0 Å². The lowest BCUT2D eigenvalue weighted by Crippen LogP contribution is -2.45. The Bertz CT molecular complexity index is 1660. The number of nitrogens with zero attached hydrogens (tertiary/aromatic N) is 4. The Morgan fingerprint density at radius 3 is 2.11 bits per heavy atom. The first kappa shape index (κ1) is 21.6. The Labute approximate surface area is 210 Å². The zero-order valence-corrected chi connectivity index (χ0v) is 19.5. The van der Waals surface area contributed by atoms with E-state index in [4.69, 9.17) is 4.99 Å². The fraction of sp³-hybridized carbons (Fsp3) is 0.0938. The van der Waals surface area contributed by atoms with Crippen molar-refractivity contribution in [1.29, 1.82) is 10.5 Å². The number of anilines is 1. The van der Waals surface area contributed by atoms with Crippen molar-refractivity contribution in [2.24, 2.45) is 4.99 Å². The van der Waals surface area contributed by atoms with Gasteiger partial charge in [0.05, 0.1) is 11.0 Å². The lowest BCUT2D eigenvalue weighted by molar-refractivity contribution is 0.397. The molecule has 2 atom stereocenters. The summed E-state index contributed by atoms with van der Waals surface area (Å²) in [6.07, 6.45) is 3.09. The highest BCUT2D eigenvalue weighted by molar-refractivity contribution is 5.85. The van der Waals surface area contributed by atoms with Gasteiger partial charge in [-0.3, -0.25) is 4.99 Å². The van der Waals surface area contributed by atoms with Gasteiger partial charge < -0.3 is 4.90 Å². The molecule has 2 aliphatic heterocycles. The highest BCUT2D eigenvalue weighted by Crippen LogP contribution is 2.51. The first-order chi connectivity index (χ1) is 17.7. The molecule has 0 saturated carbocycles. The zero-order chi connectivity index (χ0) is 24.5. The maximum atomic E-state index is 9.52. The predicted octanol–water partition coefficient (Wildman–Crippen LogP) is 5.41. The van der Waals surface area contributed by atoms with Crippen molar-refractivity contribution in [3.8, 4) is 12.1 Å². The van der Waals surface area contributed by atoms with Gasteiger partial charge in [0.2, 0.25) is 0 Å². The first-order valence-corrected chi connectivity index (χ1v) is 12.0. The number of allylic oxidation sites excluding steroid dienone is 1. The van der Waals surface area contributed by atoms with Crippen LogP contribution in [0.2, 0.25) is 0 Å². The molecule has 0 N–H and O–H groups in total. The average molecular weight is 463 g/mol. The largest absolute Gasteiger partial charge is 0.310 e. The summed E-state index contributed by atoms with van der Waals surface area (Å²) in [5.74, 6) is 0.149. The molecule has 4 nitrogen and oxygen atoms in total. The number of nitriles is 2. The molecule has 4 aromatic carbocycles. The summed E-state index contributed by atoms with van der Waals surface area (Å²) in [6.45, 7) is 0. The Kier molecular flexibility index (Phi) is 5.21. The van der Waals surface area contributed by atoms with Crippen molar-refractivity contribution in [1.82, 2.24) is 0 Å². The Morgan fingerprint density at radius 1 is 0.806 bits per heavy atom. The van der Waals surface area contributed by atoms with Crippen LogP contribution >= 0.6 is 0 Å². The van der Waals surface area contributed by atoms with Crippen molar-refractivity contribution in [2.45, 2.75) is 18.0 Å². The predicted molar refractivity (Wildman–Crippen MR) is 141 cm³/mol. The average Bonchev–Trinajstić information content (AvgIpc) is 3.30. The second kappa shape index (κ2) is 8.69. The van der Waals surface area contributed by atoms with Crippen molar-refractivity contribution in [3.05, 3.63) is 143 Å². The van der Waals surface area contributed by atoms with Crippen LogP contribution in [-0.2, 0) is 5.66 Å². The lowest BCUT2D eigenvalue weighted by atomic mass is 9.79. The minimum Gasteiger partial charge on any atom is -0.310 e. The summed E-state index contributed by atoms with van der Waals surface area (Å²) in [6, 6.07) is 41.1. The molecular weight excluding hydrogens is 440 g/mol. The van der Waals surface area contributed by atoms with Gasteiger partial charge in [-0.2, -0.15) is 10.5 Å². The molecule has 0 bridgehead atoms. The molecule has 0 saturated heterocycles. The van der Waals surface area contributed by atoms with Crippen molar-refractivity contribution in [3.63, 3.8) is 0 Å². The standard InChI is InChI=1S/C32H22N4/c33-21-27(22-34)25-16-17-29-31(18-25)36-30(24-12-6-2-7-13-24)19-26(23-10-4-1-5-11-23)20-32(36,35-29)28-14-8-3-9-15-28/h1-19,26H,20H2/t26-,32+/m0/s1. The van der Waals surface area contributed by atoms with Crippen LogP contribution in [0, 0.1) is 22.7 Å². The van der Waals surface area contributed by atoms with E-state index in [0.29, 0.717) is 5.22 Å². The lowest BCUT2D eigenvalue weighted by Gasteiger charge is -2.45. The number of benzene rings is 4. The molecule has 0 unspecified atom stereocenters. The van der Waals surface area contributed by atoms with Crippen LogP contribution in [0.4, 0.5) is 5.69 Å². The molecule has 0 amide bonds. The smallest absolute Gasteiger partial charge is 0.163 e. The normalized spacial score (nSPS) is 19.7. The summed E-state index contributed by atoms with van der Waals surface area (Å²) < 4.78 is 0. The van der Waals surface area contributed by atoms with Gasteiger partial charge in [-0.1, -0.05) is 103 Å². The van der Waals surface area contributed by atoms with Gasteiger partial charge in [0.15, 0.2) is 5.66 Å². The SMILES string of the molecule is N#CC(C#N)=c1ccc2c(c1)N1C(c3ccccc3)=C[C@H](c3ccccc3)C[C@@]1(c1ccccc1)N=2. The third-order valence-corrected chi connectivity index (χ3v) is 7.04. The summed E-state index contributed by atoms with van der Waals surface area (Å²) in [7, 11) is 0. The van der Waals surface area contributed by atoms with Gasteiger partial charge in [0, 0.05) is 28.8 Å². The molecule has 6 rings (SSSR count). The highest BCUT2D eigenvalue weighted by Gasteiger charge is 2.48. The fourth-order valence-electron chi connectivity index (χ4n) is 5.42. The summed E-state index contributed by atoms with van der Waals surface area (Å²) >= 11 is 0. The molecular formula is C32H22N4. The number of rotatable bonds is 3. The van der Waals surface area contributed by atoms with Gasteiger partial charge in [-0.25, -0.2) is 0 Å². The second-order valence-electron chi connectivity index (χ2n) is 9.07. The molecule has 0 fully saturated rings. The first-order valence-electron chi connectivity index (χ1n) is 12.0. The second-order valence-corrected chi connectivity index (χ2v) is 9.07. The molecule has 36 heavy (non-hydrogen) atoms. The Morgan fingerprint density at radius 2 is 1.44 bits per heavy atom. The maximum absolute atomic E-state index is 9.52. The minimum absolute atomic E-state index is 0.0967. The molecule has 4 aromatic rings. The van der Waals surface area contributed by atoms with Gasteiger partial charge in [0.25, 0.3) is 0 Å². The summed E-state index contributed by atoms with van der Waals surface area (Å²) in [5.41, 5.74) is 4.85. The van der Waals surface area contributed by atoms with Crippen LogP contribution < -0.4 is 15.5 Å². The topological polar surface area (TPSA) is 63.2 Å². The van der Waals surface area contributed by atoms with Crippen molar-refractivity contribution >= 4 is 17.0 Å². The van der Waals surface area contributed by atoms with E-state index in [1.165, 1.54) is 5.56 Å². The molecule has 0 aromatic heterocycles. The zero-order valence-electron chi connectivity index (χ0n) is 19.5. The molecule has 0 radical (unpaired) electrons. The third kappa shape index (κ3) is 3.40. The quantitative estimate of drug-likeness (QED) is 0.409. The Hall–Kier alpha value is -4.93. The van der Waals surface area contributed by atoms with E-state index in [9.17, 15) is 10.5 Å². The molecule has 170 valence electrons. The molecule has 0 spiro atoms. The van der Waals surface area contributed by atoms with Gasteiger partial charge in [-0.05, 0) is 23.3 Å². The van der Waals surface area contributed by atoms with E-state index < -0.39 is 5.66 Å². The van der Waals surface area contributed by atoms with Crippen LogP contribution in [0.1, 0.15) is 29.0 Å². The van der Waals surface area contributed by atoms with E-state index in [1.54, 1.807) is 0 Å². The minimum atomic E-state index is -0.665. The van der Waals surface area contributed by atoms with E-state index in [0.717, 1.165) is 34.3 Å². The number of hydrogen-bond donors (Lipinski definition) is 0. The summed E-state index contributed by atoms with van der Waals surface area (Å²) in [5, 5.41) is 20.5. The number of hydrogen-bond acceptors (Lipinski definition) is 4. The fourth-order valence-corrected chi connectivity index (χ4v) is 5.42. The molecule has 2 aliphatic rings. The summed E-state index contributed by atoms with van der Waals surface area (Å²) in [4.78, 5) is 7.70. The van der Waals surface area contributed by atoms with Gasteiger partial charge >= 0.3 is 0 Å². The number of fused-ring (bicyclic) bond motifs is 3. The molecule has 4 heteroatoms. The Balaban J connectivity index is 1.68. The molecule has 0 aliphatic carbocycles. The van der Waals surface area contributed by atoms with Crippen LogP contribution in [0.15, 0.2) is 120 Å². The van der Waals surface area contributed by atoms with Crippen molar-refractivity contribution in [2.75, 3.05) is 4.90 Å². The van der Waals surface area contributed by atoms with Crippen molar-refractivity contribution < 1.29 is 0 Å². The van der Waals surface area contributed by atoms with Crippen LogP contribution in [0.25, 0.3) is 11.3 Å².